The van der Waals surface area contributed by atoms with Gasteiger partial charge in [-0.05, 0) is 18.1 Å². The van der Waals surface area contributed by atoms with Crippen molar-refractivity contribution in [3.63, 3.8) is 0 Å². The Morgan fingerprint density at radius 2 is 2.00 bits per heavy atom. The van der Waals surface area contributed by atoms with Gasteiger partial charge in [-0.15, -0.1) is 11.3 Å². The number of nitrogens with zero attached hydrogens (tertiary/aromatic N) is 2. The fourth-order valence-corrected chi connectivity index (χ4v) is 2.70. The summed E-state index contributed by atoms with van der Waals surface area (Å²) >= 11 is 1.34. The van der Waals surface area contributed by atoms with E-state index in [1.54, 1.807) is 0 Å². The van der Waals surface area contributed by atoms with E-state index in [9.17, 15) is 4.79 Å². The summed E-state index contributed by atoms with van der Waals surface area (Å²) < 4.78 is 0. The zero-order chi connectivity index (χ0) is 12.3. The molecular formula is C13H8N2OS. The van der Waals surface area contributed by atoms with Gasteiger partial charge in [-0.3, -0.25) is 0 Å². The molecule has 0 bridgehead atoms. The number of benzene rings is 1. The fourth-order valence-electron chi connectivity index (χ4n) is 1.61. The van der Waals surface area contributed by atoms with Crippen molar-refractivity contribution in [2.24, 2.45) is 4.99 Å². The minimum Gasteiger partial charge on any atom is -0.211 e. The van der Waals surface area contributed by atoms with Gasteiger partial charge in [0.2, 0.25) is 6.08 Å². The summed E-state index contributed by atoms with van der Waals surface area (Å²) in [5.41, 5.74) is 2.34. The highest BCUT2D eigenvalue weighted by Crippen LogP contribution is 2.40. The van der Waals surface area contributed by atoms with E-state index in [1.807, 2.05) is 37.3 Å². The second-order valence-corrected chi connectivity index (χ2v) is 4.42. The van der Waals surface area contributed by atoms with E-state index < -0.39 is 0 Å². The quantitative estimate of drug-likeness (QED) is 0.595. The van der Waals surface area contributed by atoms with Crippen molar-refractivity contribution < 1.29 is 4.79 Å². The number of hydrogen-bond acceptors (Lipinski definition) is 4. The Kier molecular flexibility index (Phi) is 3.15. The highest BCUT2D eigenvalue weighted by atomic mass is 32.1. The molecule has 0 saturated heterocycles. The Labute approximate surface area is 103 Å². The molecule has 2 aromatic rings. The molecule has 3 nitrogen and oxygen atoms in total. The summed E-state index contributed by atoms with van der Waals surface area (Å²) in [5, 5.41) is 9.48. The van der Waals surface area contributed by atoms with E-state index in [1.165, 1.54) is 17.4 Å². The van der Waals surface area contributed by atoms with Crippen LogP contribution < -0.4 is 0 Å². The molecule has 4 heteroatoms. The number of thiophene rings is 1. The zero-order valence-electron chi connectivity index (χ0n) is 9.10. The molecule has 0 amide bonds. The normalized spacial score (nSPS) is 9.41. The standard InChI is InChI=1S/C13H8N2OS/c1-9-11(7-14)13(15-8-16)17-12(9)10-5-3-2-4-6-10/h2-6H,1H3. The van der Waals surface area contributed by atoms with Crippen LogP contribution in [0.1, 0.15) is 11.1 Å². The summed E-state index contributed by atoms with van der Waals surface area (Å²) in [6, 6.07) is 11.8. The summed E-state index contributed by atoms with van der Waals surface area (Å²) in [6.07, 6.45) is 1.49. The molecular weight excluding hydrogens is 232 g/mol. The van der Waals surface area contributed by atoms with E-state index in [0.29, 0.717) is 10.6 Å². The van der Waals surface area contributed by atoms with Crippen LogP contribution in [0.5, 0.6) is 0 Å². The van der Waals surface area contributed by atoms with Gasteiger partial charge in [-0.2, -0.15) is 10.3 Å². The van der Waals surface area contributed by atoms with Crippen molar-refractivity contribution in [2.75, 3.05) is 0 Å². The van der Waals surface area contributed by atoms with Gasteiger partial charge in [-0.1, -0.05) is 30.3 Å². The molecule has 0 N–H and O–H groups in total. The number of hydrogen-bond donors (Lipinski definition) is 0. The smallest absolute Gasteiger partial charge is 0.211 e. The Hall–Kier alpha value is -2.21. The maximum absolute atomic E-state index is 10.3. The minimum absolute atomic E-state index is 0.429. The van der Waals surface area contributed by atoms with Crippen LogP contribution in [-0.2, 0) is 4.79 Å². The van der Waals surface area contributed by atoms with Crippen molar-refractivity contribution in [1.82, 2.24) is 0 Å². The lowest BCUT2D eigenvalue weighted by molar-refractivity contribution is 0.565. The molecule has 17 heavy (non-hydrogen) atoms. The molecule has 0 radical (unpaired) electrons. The summed E-state index contributed by atoms with van der Waals surface area (Å²) in [6.45, 7) is 1.86. The first kappa shape index (κ1) is 11.3. The van der Waals surface area contributed by atoms with Gasteiger partial charge < -0.3 is 0 Å². The molecule has 1 aromatic heterocycles. The van der Waals surface area contributed by atoms with Gasteiger partial charge in [-0.25, -0.2) is 4.79 Å². The second-order valence-electron chi connectivity index (χ2n) is 3.42. The molecule has 0 unspecified atom stereocenters. The Balaban J connectivity index is 2.66. The largest absolute Gasteiger partial charge is 0.241 e. The summed E-state index contributed by atoms with van der Waals surface area (Å²) in [7, 11) is 0. The van der Waals surface area contributed by atoms with Crippen molar-refractivity contribution in [2.45, 2.75) is 6.92 Å². The van der Waals surface area contributed by atoms with Crippen LogP contribution in [0.2, 0.25) is 0 Å². The number of aliphatic imine (C=N–C) groups is 1. The first-order valence-electron chi connectivity index (χ1n) is 4.94. The van der Waals surface area contributed by atoms with Crippen LogP contribution >= 0.6 is 11.3 Å². The average molecular weight is 240 g/mol. The lowest BCUT2D eigenvalue weighted by Crippen LogP contribution is -1.78. The van der Waals surface area contributed by atoms with Gasteiger partial charge in [0.05, 0.1) is 5.56 Å². The van der Waals surface area contributed by atoms with Crippen LogP contribution in [0.15, 0.2) is 35.3 Å². The molecule has 0 atom stereocenters. The summed E-state index contributed by atoms with van der Waals surface area (Å²) in [5.74, 6) is 0. The number of carbonyl (C=O) groups excluding carboxylic acids is 1. The highest BCUT2D eigenvalue weighted by molar-refractivity contribution is 7.19. The van der Waals surface area contributed by atoms with Crippen molar-refractivity contribution in [3.05, 3.63) is 41.5 Å². The van der Waals surface area contributed by atoms with Gasteiger partial charge in [0.25, 0.3) is 0 Å². The molecule has 1 heterocycles. The minimum atomic E-state index is 0.429. The van der Waals surface area contributed by atoms with Gasteiger partial charge in [0.1, 0.15) is 11.1 Å². The van der Waals surface area contributed by atoms with Crippen molar-refractivity contribution in [3.8, 4) is 16.5 Å². The predicted octanol–water partition coefficient (Wildman–Crippen LogP) is 3.56. The maximum Gasteiger partial charge on any atom is 0.241 e. The van der Waals surface area contributed by atoms with Crippen LogP contribution in [-0.4, -0.2) is 6.08 Å². The molecule has 0 fully saturated rings. The fraction of sp³-hybridized carbons (Fsp3) is 0.0769. The molecule has 0 aliphatic heterocycles. The Bertz CT molecular complexity index is 631. The number of nitriles is 1. The third kappa shape index (κ3) is 2.02. The van der Waals surface area contributed by atoms with E-state index in [-0.39, 0.29) is 0 Å². The van der Waals surface area contributed by atoms with Crippen LogP contribution in [0.3, 0.4) is 0 Å². The molecule has 0 aliphatic rings. The van der Waals surface area contributed by atoms with E-state index in [2.05, 4.69) is 11.1 Å². The van der Waals surface area contributed by atoms with Gasteiger partial charge in [0.15, 0.2) is 0 Å². The first-order chi connectivity index (χ1) is 8.27. The molecule has 1 aromatic carbocycles. The topological polar surface area (TPSA) is 53.2 Å². The monoisotopic (exact) mass is 240 g/mol. The molecule has 2 rings (SSSR count). The number of isocyanates is 1. The second kappa shape index (κ2) is 4.75. The van der Waals surface area contributed by atoms with Crippen molar-refractivity contribution in [1.29, 1.82) is 5.26 Å². The molecule has 82 valence electrons. The van der Waals surface area contributed by atoms with Crippen molar-refractivity contribution >= 4 is 22.4 Å². The zero-order valence-corrected chi connectivity index (χ0v) is 9.91. The van der Waals surface area contributed by atoms with Crippen LogP contribution in [0.4, 0.5) is 5.00 Å². The van der Waals surface area contributed by atoms with Gasteiger partial charge in [0, 0.05) is 4.88 Å². The molecule has 0 aliphatic carbocycles. The average Bonchev–Trinajstić information content (AvgIpc) is 2.67. The van der Waals surface area contributed by atoms with E-state index in [0.717, 1.165) is 16.0 Å². The maximum atomic E-state index is 10.3. The Morgan fingerprint density at radius 1 is 1.29 bits per heavy atom. The predicted molar refractivity (Wildman–Crippen MR) is 67.0 cm³/mol. The van der Waals surface area contributed by atoms with Crippen LogP contribution in [0.25, 0.3) is 10.4 Å². The third-order valence-electron chi connectivity index (χ3n) is 2.42. The highest BCUT2D eigenvalue weighted by Gasteiger charge is 2.15. The SMILES string of the molecule is Cc1c(-c2ccccc2)sc(N=C=O)c1C#N. The number of rotatable bonds is 2. The summed E-state index contributed by atoms with van der Waals surface area (Å²) in [4.78, 5) is 14.8. The van der Waals surface area contributed by atoms with Gasteiger partial charge >= 0.3 is 0 Å². The lowest BCUT2D eigenvalue weighted by Gasteiger charge is -1.97. The van der Waals surface area contributed by atoms with Crippen LogP contribution in [0, 0.1) is 18.3 Å². The molecule has 0 saturated carbocycles. The Morgan fingerprint density at radius 3 is 2.59 bits per heavy atom. The van der Waals surface area contributed by atoms with E-state index in [4.69, 9.17) is 5.26 Å². The molecule has 0 spiro atoms. The third-order valence-corrected chi connectivity index (χ3v) is 3.66. The lowest BCUT2D eigenvalue weighted by atomic mass is 10.1. The first-order valence-corrected chi connectivity index (χ1v) is 5.76. The van der Waals surface area contributed by atoms with E-state index >= 15 is 0 Å².